The van der Waals surface area contributed by atoms with Crippen LogP contribution in [0.2, 0.25) is 0 Å². The van der Waals surface area contributed by atoms with Crippen molar-refractivity contribution >= 4 is 23.6 Å². The normalized spacial score (nSPS) is 15.7. The summed E-state index contributed by atoms with van der Waals surface area (Å²) in [5, 5.41) is 0. The maximum absolute atomic E-state index is 12.7. The van der Waals surface area contributed by atoms with Crippen LogP contribution in [0.25, 0.3) is 0 Å². The monoisotopic (exact) mass is 435 g/mol. The number of imide groups is 1. The number of ether oxygens (including phenoxy) is 1. The van der Waals surface area contributed by atoms with Crippen LogP contribution in [0, 0.1) is 0 Å². The number of hydrogen-bond acceptors (Lipinski definition) is 5. The summed E-state index contributed by atoms with van der Waals surface area (Å²) in [6.45, 7) is 4.23. The smallest absolute Gasteiger partial charge is 0.261 e. The van der Waals surface area contributed by atoms with E-state index in [9.17, 15) is 19.2 Å². The van der Waals surface area contributed by atoms with Gasteiger partial charge in [0.2, 0.25) is 5.91 Å². The Hall–Kier alpha value is -3.68. The highest BCUT2D eigenvalue weighted by Crippen LogP contribution is 2.22. The van der Waals surface area contributed by atoms with Crippen LogP contribution in [0.1, 0.15) is 44.4 Å². The topological polar surface area (TPSA) is 87.2 Å². The van der Waals surface area contributed by atoms with Gasteiger partial charge in [-0.2, -0.15) is 0 Å². The van der Waals surface area contributed by atoms with Crippen LogP contribution in [0.4, 0.5) is 0 Å². The average molecular weight is 435 g/mol. The molecule has 32 heavy (non-hydrogen) atoms. The van der Waals surface area contributed by atoms with Crippen molar-refractivity contribution in [1.82, 2.24) is 14.7 Å². The maximum Gasteiger partial charge on any atom is 0.261 e. The summed E-state index contributed by atoms with van der Waals surface area (Å²) in [6, 6.07) is 13.7. The number of hydrogen-bond donors (Lipinski definition) is 0. The van der Waals surface area contributed by atoms with E-state index in [2.05, 4.69) is 0 Å². The van der Waals surface area contributed by atoms with Crippen LogP contribution in [-0.4, -0.2) is 77.7 Å². The number of benzene rings is 2. The number of piperazine rings is 1. The predicted molar refractivity (Wildman–Crippen MR) is 117 cm³/mol. The van der Waals surface area contributed by atoms with Gasteiger partial charge in [0, 0.05) is 44.7 Å². The molecule has 4 rings (SSSR count). The van der Waals surface area contributed by atoms with Gasteiger partial charge < -0.3 is 14.5 Å². The van der Waals surface area contributed by atoms with Gasteiger partial charge >= 0.3 is 0 Å². The van der Waals surface area contributed by atoms with Crippen molar-refractivity contribution in [3.8, 4) is 5.75 Å². The second-order valence-corrected chi connectivity index (χ2v) is 7.69. The third kappa shape index (κ3) is 4.21. The van der Waals surface area contributed by atoms with Gasteiger partial charge in [0.05, 0.1) is 17.7 Å². The van der Waals surface area contributed by atoms with E-state index in [1.54, 1.807) is 58.3 Å². The lowest BCUT2D eigenvalue weighted by molar-refractivity contribution is -0.132. The van der Waals surface area contributed by atoms with Crippen LogP contribution in [0.5, 0.6) is 5.75 Å². The second-order valence-electron chi connectivity index (χ2n) is 7.69. The quantitative estimate of drug-likeness (QED) is 0.649. The van der Waals surface area contributed by atoms with Gasteiger partial charge in [-0.15, -0.1) is 0 Å². The van der Waals surface area contributed by atoms with Crippen molar-refractivity contribution in [2.75, 3.05) is 39.3 Å². The first-order chi connectivity index (χ1) is 15.5. The van der Waals surface area contributed by atoms with Crippen LogP contribution in [0.15, 0.2) is 48.5 Å². The first-order valence-electron chi connectivity index (χ1n) is 10.7. The van der Waals surface area contributed by atoms with E-state index < -0.39 is 0 Å². The van der Waals surface area contributed by atoms with Gasteiger partial charge in [-0.25, -0.2) is 0 Å². The highest BCUT2D eigenvalue weighted by atomic mass is 16.5. The third-order valence-corrected chi connectivity index (χ3v) is 5.76. The van der Waals surface area contributed by atoms with Gasteiger partial charge in [-0.05, 0) is 43.3 Å². The molecule has 1 fully saturated rings. The van der Waals surface area contributed by atoms with E-state index >= 15 is 0 Å². The molecule has 2 aromatic rings. The zero-order valence-corrected chi connectivity index (χ0v) is 18.0. The number of nitrogens with zero attached hydrogens (tertiary/aromatic N) is 3. The first-order valence-corrected chi connectivity index (χ1v) is 10.7. The van der Waals surface area contributed by atoms with E-state index in [0.29, 0.717) is 49.5 Å². The van der Waals surface area contributed by atoms with Crippen molar-refractivity contribution in [1.29, 1.82) is 0 Å². The predicted octanol–water partition coefficient (Wildman–Crippen LogP) is 2.06. The third-order valence-electron chi connectivity index (χ3n) is 5.76. The van der Waals surface area contributed by atoms with Gasteiger partial charge in [0.1, 0.15) is 5.75 Å². The van der Waals surface area contributed by atoms with Crippen LogP contribution < -0.4 is 4.74 Å². The molecule has 0 bridgehead atoms. The molecule has 0 unspecified atom stereocenters. The Kier molecular flexibility index (Phi) is 6.20. The number of carbonyl (C=O) groups excluding carboxylic acids is 4. The standard InChI is InChI=1S/C24H25N3O5/c1-2-32-18-9-7-17(8-10-18)22(29)26-15-13-25(14-16-26)21(28)11-12-27-23(30)19-5-3-4-6-20(19)24(27)31/h3-10H,2,11-16H2,1H3. The minimum atomic E-state index is -0.357. The van der Waals surface area contributed by atoms with Gasteiger partial charge in [-0.3, -0.25) is 24.1 Å². The van der Waals surface area contributed by atoms with E-state index in [4.69, 9.17) is 4.74 Å². The first kappa shape index (κ1) is 21.5. The Morgan fingerprint density at radius 2 is 1.41 bits per heavy atom. The van der Waals surface area contributed by atoms with Crippen molar-refractivity contribution in [3.63, 3.8) is 0 Å². The summed E-state index contributed by atoms with van der Waals surface area (Å²) >= 11 is 0. The molecule has 4 amide bonds. The zero-order chi connectivity index (χ0) is 22.7. The number of amides is 4. The molecule has 0 aliphatic carbocycles. The SMILES string of the molecule is CCOc1ccc(C(=O)N2CCN(C(=O)CCN3C(=O)c4ccccc4C3=O)CC2)cc1. The lowest BCUT2D eigenvalue weighted by atomic mass is 10.1. The molecule has 2 aliphatic rings. The molecule has 2 aliphatic heterocycles. The fraction of sp³-hybridized carbons (Fsp3) is 0.333. The van der Waals surface area contributed by atoms with Crippen molar-refractivity contribution in [2.24, 2.45) is 0 Å². The Bertz CT molecular complexity index is 1010. The molecule has 8 nitrogen and oxygen atoms in total. The second kappa shape index (κ2) is 9.21. The highest BCUT2D eigenvalue weighted by Gasteiger charge is 2.35. The summed E-state index contributed by atoms with van der Waals surface area (Å²) in [4.78, 5) is 54.8. The molecule has 166 valence electrons. The van der Waals surface area contributed by atoms with Crippen LogP contribution in [-0.2, 0) is 4.79 Å². The molecule has 0 spiro atoms. The van der Waals surface area contributed by atoms with Crippen LogP contribution in [0.3, 0.4) is 0 Å². The van der Waals surface area contributed by atoms with Crippen molar-refractivity contribution < 1.29 is 23.9 Å². The molecule has 0 atom stereocenters. The molecular formula is C24H25N3O5. The minimum Gasteiger partial charge on any atom is -0.494 e. The van der Waals surface area contributed by atoms with E-state index in [1.807, 2.05) is 6.92 Å². The van der Waals surface area contributed by atoms with E-state index in [1.165, 1.54) is 0 Å². The number of rotatable bonds is 6. The zero-order valence-electron chi connectivity index (χ0n) is 18.0. The largest absolute Gasteiger partial charge is 0.494 e. The van der Waals surface area contributed by atoms with Gasteiger partial charge in [0.15, 0.2) is 0 Å². The average Bonchev–Trinajstić information content (AvgIpc) is 3.07. The molecule has 0 radical (unpaired) electrons. The molecule has 8 heteroatoms. The molecule has 0 saturated carbocycles. The Morgan fingerprint density at radius 1 is 0.844 bits per heavy atom. The lowest BCUT2D eigenvalue weighted by Gasteiger charge is -2.35. The highest BCUT2D eigenvalue weighted by molar-refractivity contribution is 6.21. The fourth-order valence-corrected chi connectivity index (χ4v) is 4.01. The number of fused-ring (bicyclic) bond motifs is 1. The van der Waals surface area contributed by atoms with Gasteiger partial charge in [0.25, 0.3) is 17.7 Å². The number of carbonyl (C=O) groups is 4. The summed E-state index contributed by atoms with van der Waals surface area (Å²) in [6.07, 6.45) is 0.0678. The molecule has 0 N–H and O–H groups in total. The molecule has 1 saturated heterocycles. The molecule has 0 aromatic heterocycles. The Balaban J connectivity index is 1.27. The lowest BCUT2D eigenvalue weighted by Crippen LogP contribution is -2.51. The summed E-state index contributed by atoms with van der Waals surface area (Å²) in [5.74, 6) is -0.202. The molecular weight excluding hydrogens is 410 g/mol. The Morgan fingerprint density at radius 3 is 1.97 bits per heavy atom. The fourth-order valence-electron chi connectivity index (χ4n) is 4.01. The van der Waals surface area contributed by atoms with E-state index in [0.717, 1.165) is 10.6 Å². The summed E-state index contributed by atoms with van der Waals surface area (Å²) in [5.41, 5.74) is 1.34. The molecule has 2 aromatic carbocycles. The van der Waals surface area contributed by atoms with Crippen molar-refractivity contribution in [2.45, 2.75) is 13.3 Å². The summed E-state index contributed by atoms with van der Waals surface area (Å²) in [7, 11) is 0. The summed E-state index contributed by atoms with van der Waals surface area (Å²) < 4.78 is 5.40. The van der Waals surface area contributed by atoms with E-state index in [-0.39, 0.29) is 36.6 Å². The van der Waals surface area contributed by atoms with Crippen molar-refractivity contribution in [3.05, 3.63) is 65.2 Å². The van der Waals surface area contributed by atoms with Gasteiger partial charge in [-0.1, -0.05) is 12.1 Å². The van der Waals surface area contributed by atoms with Crippen LogP contribution >= 0.6 is 0 Å². The Labute approximate surface area is 186 Å². The minimum absolute atomic E-state index is 0.0521. The maximum atomic E-state index is 12.7. The molecule has 2 heterocycles.